The summed E-state index contributed by atoms with van der Waals surface area (Å²) in [5.74, 6) is 6.24. The highest BCUT2D eigenvalue weighted by molar-refractivity contribution is 6.31. The smallest absolute Gasteiger partial charge is 0.248 e. The summed E-state index contributed by atoms with van der Waals surface area (Å²) in [6, 6.07) is 18.7. The lowest BCUT2D eigenvalue weighted by molar-refractivity contribution is -0.130. The van der Waals surface area contributed by atoms with Gasteiger partial charge < -0.3 is 63.1 Å². The summed E-state index contributed by atoms with van der Waals surface area (Å²) in [5, 5.41) is 16.4. The number of amides is 1. The van der Waals surface area contributed by atoms with E-state index in [9.17, 15) is 13.6 Å². The number of hydrogen-bond donors (Lipinski definition) is 2. The van der Waals surface area contributed by atoms with Crippen molar-refractivity contribution < 1.29 is 60.9 Å². The lowest BCUT2D eigenvalue weighted by Crippen LogP contribution is -2.41. The number of rotatable bonds is 42. The molecule has 82 heavy (non-hydrogen) atoms. The number of aryl methyl sites for hydroxylation is 1. The van der Waals surface area contributed by atoms with E-state index in [2.05, 4.69) is 69.8 Å². The highest BCUT2D eigenvalue weighted by atomic mass is 19.3. The highest BCUT2D eigenvalue weighted by Crippen LogP contribution is 2.39. The van der Waals surface area contributed by atoms with Crippen molar-refractivity contribution in [1.82, 2.24) is 25.0 Å². The minimum Gasteiger partial charge on any atom is -0.491 e. The van der Waals surface area contributed by atoms with Crippen molar-refractivity contribution in [3.05, 3.63) is 71.8 Å². The second-order valence-corrected chi connectivity index (χ2v) is 21.7. The van der Waals surface area contributed by atoms with Gasteiger partial charge in [0.1, 0.15) is 35.5 Å². The molecule has 3 aliphatic rings. The van der Waals surface area contributed by atoms with Crippen LogP contribution in [0.1, 0.15) is 139 Å². The van der Waals surface area contributed by atoms with Crippen molar-refractivity contribution >= 4 is 17.8 Å². The van der Waals surface area contributed by atoms with Gasteiger partial charge in [0, 0.05) is 62.2 Å². The maximum Gasteiger partial charge on any atom is 0.248 e. The Balaban J connectivity index is 0.771. The molecule has 21 heteroatoms. The van der Waals surface area contributed by atoms with Crippen molar-refractivity contribution in [2.24, 2.45) is 21.9 Å². The topological polar surface area (TPSA) is 206 Å². The van der Waals surface area contributed by atoms with Crippen molar-refractivity contribution in [2.75, 3.05) is 125 Å². The minimum atomic E-state index is -2.67. The standard InChI is InChI=1S/C61H96F2N8O11/c1-5-28-73-30-32-75-34-35-76-33-31-74-29-26-65-45-53(67-64)46-80-41-40-78-37-36-77-38-39-79-42-43-81-55-17-19-57(20-18-55)82-56-15-12-51(13-16-56)59-69-68-49(4)71(59)48(3)44-54-14-11-47(2)70(54)27-23-58(50-9-7-6-8-10-50)66-60(72)52-21-24-61(62,63)25-22-52/h6-10,17-20,45,47-48,51-52,54,56,58H,5,11-16,21-44,46,64H2,1-4H3,(H,66,72)/b65-45?,67-53+. The molecular formula is C61H96F2N8O11. The van der Waals surface area contributed by atoms with Crippen molar-refractivity contribution in [3.8, 4) is 11.5 Å². The summed E-state index contributed by atoms with van der Waals surface area (Å²) in [6.45, 7) is 18.1. The van der Waals surface area contributed by atoms with E-state index >= 15 is 0 Å². The lowest BCUT2D eigenvalue weighted by Gasteiger charge is -2.34. The Labute approximate surface area is 486 Å². The van der Waals surface area contributed by atoms with Crippen LogP contribution in [0.15, 0.2) is 64.7 Å². The first-order chi connectivity index (χ1) is 40.0. The molecule has 0 bridgehead atoms. The molecule has 0 radical (unpaired) electrons. The maximum absolute atomic E-state index is 13.9. The van der Waals surface area contributed by atoms with Gasteiger partial charge in [0.15, 0.2) is 0 Å². The summed E-state index contributed by atoms with van der Waals surface area (Å²) in [6.07, 6.45) is 10.5. The van der Waals surface area contributed by atoms with Crippen LogP contribution >= 0.6 is 0 Å². The quantitative estimate of drug-likeness (QED) is 0.0235. The number of likely N-dealkylation sites (tertiary alicyclic amines) is 1. The van der Waals surface area contributed by atoms with E-state index in [-0.39, 0.29) is 62.3 Å². The molecule has 19 nitrogen and oxygen atoms in total. The first-order valence-corrected chi connectivity index (χ1v) is 30.2. The third-order valence-electron chi connectivity index (χ3n) is 15.4. The highest BCUT2D eigenvalue weighted by Gasteiger charge is 2.39. The Hall–Kier alpha value is -4.71. The fourth-order valence-electron chi connectivity index (χ4n) is 11.0. The van der Waals surface area contributed by atoms with Gasteiger partial charge in [-0.1, -0.05) is 37.3 Å². The van der Waals surface area contributed by atoms with Crippen LogP contribution in [0.25, 0.3) is 0 Å². The summed E-state index contributed by atoms with van der Waals surface area (Å²) in [7, 11) is 0. The van der Waals surface area contributed by atoms with Crippen molar-refractivity contribution in [1.29, 1.82) is 0 Å². The van der Waals surface area contributed by atoms with Gasteiger partial charge in [0.25, 0.3) is 0 Å². The number of carbonyl (C=O) groups excluding carboxylic acids is 1. The SMILES string of the molecule is CCCOCCOCCOCCOCCN=C/C(COCCOCCOCCOCCOc1ccc(OC2CCC(c3nnc(C)n3C(C)CC3CCC(C)N3CCC(NC(=O)C3CCC(F)(F)CC3)c3ccccc3)CC2)cc1)=N\N. The van der Waals surface area contributed by atoms with Gasteiger partial charge in [-0.2, -0.15) is 5.10 Å². The fraction of sp³-hybridized carbons (Fsp3) is 0.721. The molecular weight excluding hydrogens is 1060 g/mol. The molecule has 1 amide bonds. The molecule has 2 saturated carbocycles. The molecule has 460 valence electrons. The third kappa shape index (κ3) is 24.5. The molecule has 0 spiro atoms. The average molecular weight is 1160 g/mol. The van der Waals surface area contributed by atoms with E-state index in [1.165, 1.54) is 0 Å². The van der Waals surface area contributed by atoms with Crippen LogP contribution in [-0.2, 0) is 42.7 Å². The van der Waals surface area contributed by atoms with Crippen LogP contribution < -0.4 is 20.6 Å². The third-order valence-corrected chi connectivity index (χ3v) is 15.4. The van der Waals surface area contributed by atoms with Gasteiger partial charge in [0.2, 0.25) is 11.8 Å². The number of ether oxygens (including phenoxy) is 10. The number of hydrazone groups is 1. The molecule has 2 aliphatic carbocycles. The first-order valence-electron chi connectivity index (χ1n) is 30.2. The predicted octanol–water partition coefficient (Wildman–Crippen LogP) is 8.88. The Bertz CT molecular complexity index is 2230. The van der Waals surface area contributed by atoms with Crippen LogP contribution in [0.2, 0.25) is 0 Å². The Kier molecular flexibility index (Phi) is 31.0. The maximum atomic E-state index is 13.9. The Morgan fingerprint density at radius 1 is 0.732 bits per heavy atom. The number of nitrogens with one attached hydrogen (secondary N) is 1. The zero-order valence-electron chi connectivity index (χ0n) is 49.4. The summed E-state index contributed by atoms with van der Waals surface area (Å²) < 4.78 is 86.9. The molecule has 4 unspecified atom stereocenters. The molecule has 1 aromatic heterocycles. The predicted molar refractivity (Wildman–Crippen MR) is 312 cm³/mol. The number of benzene rings is 2. The minimum absolute atomic E-state index is 0.105. The van der Waals surface area contributed by atoms with Crippen molar-refractivity contribution in [2.45, 2.75) is 153 Å². The van der Waals surface area contributed by atoms with Crippen LogP contribution in [-0.4, -0.2) is 187 Å². The second kappa shape index (κ2) is 38.3. The molecule has 1 saturated heterocycles. The zero-order valence-corrected chi connectivity index (χ0v) is 49.4. The van der Waals surface area contributed by atoms with E-state index in [4.69, 9.17) is 58.3 Å². The van der Waals surface area contributed by atoms with Gasteiger partial charge in [-0.05, 0) is 121 Å². The summed E-state index contributed by atoms with van der Waals surface area (Å²) in [5.41, 5.74) is 1.57. The van der Waals surface area contributed by atoms with Gasteiger partial charge in [-0.25, -0.2) is 8.78 Å². The number of aliphatic imine (C=N–C) groups is 1. The number of aromatic nitrogens is 3. The largest absolute Gasteiger partial charge is 0.491 e. The lowest BCUT2D eigenvalue weighted by atomic mass is 9.86. The number of carbonyl (C=O) groups is 1. The molecule has 2 aromatic carbocycles. The van der Waals surface area contributed by atoms with Crippen LogP contribution in [0.4, 0.5) is 8.78 Å². The van der Waals surface area contributed by atoms with Gasteiger partial charge in [-0.15, -0.1) is 10.2 Å². The second-order valence-electron chi connectivity index (χ2n) is 21.7. The van der Waals surface area contributed by atoms with Gasteiger partial charge in [0.05, 0.1) is 118 Å². The van der Waals surface area contributed by atoms with E-state index in [1.54, 1.807) is 6.21 Å². The Morgan fingerprint density at radius 3 is 1.91 bits per heavy atom. The van der Waals surface area contributed by atoms with E-state index in [1.807, 2.05) is 42.5 Å². The van der Waals surface area contributed by atoms with E-state index in [0.717, 1.165) is 99.7 Å². The Morgan fingerprint density at radius 2 is 1.30 bits per heavy atom. The molecule has 3 fully saturated rings. The number of alkyl halides is 2. The van der Waals surface area contributed by atoms with Crippen LogP contribution in [0.3, 0.4) is 0 Å². The monoisotopic (exact) mass is 1150 g/mol. The van der Waals surface area contributed by atoms with Crippen LogP contribution in [0.5, 0.6) is 11.5 Å². The van der Waals surface area contributed by atoms with Gasteiger partial charge in [-0.3, -0.25) is 14.7 Å². The fourth-order valence-corrected chi connectivity index (χ4v) is 11.0. The molecule has 6 rings (SSSR count). The number of halogens is 2. The van der Waals surface area contributed by atoms with Crippen LogP contribution in [0, 0.1) is 12.8 Å². The molecule has 2 heterocycles. The summed E-state index contributed by atoms with van der Waals surface area (Å²) >= 11 is 0. The van der Waals surface area contributed by atoms with E-state index in [0.29, 0.717) is 129 Å². The average Bonchev–Trinajstić information content (AvgIpc) is 4.28. The first kappa shape index (κ1) is 66.4. The van der Waals surface area contributed by atoms with E-state index < -0.39 is 5.92 Å². The summed E-state index contributed by atoms with van der Waals surface area (Å²) in [4.78, 5) is 20.3. The molecule has 3 N–H and O–H groups in total. The van der Waals surface area contributed by atoms with Gasteiger partial charge >= 0.3 is 0 Å². The molecule has 1 aliphatic heterocycles. The molecule has 4 atom stereocenters. The number of hydrogen-bond acceptors (Lipinski definition) is 17. The van der Waals surface area contributed by atoms with Crippen molar-refractivity contribution in [3.63, 3.8) is 0 Å². The number of nitrogens with two attached hydrogens (primary N) is 1. The normalized spacial score (nSPS) is 20.6. The molecule has 3 aromatic rings. The zero-order chi connectivity index (χ0) is 58.0. The number of nitrogens with zero attached hydrogens (tertiary/aromatic N) is 6.